The maximum atomic E-state index is 6.19. The van der Waals surface area contributed by atoms with Gasteiger partial charge >= 0.3 is 0 Å². The van der Waals surface area contributed by atoms with Gasteiger partial charge in [-0.2, -0.15) is 0 Å². The molecule has 17 heavy (non-hydrogen) atoms. The van der Waals surface area contributed by atoms with Crippen LogP contribution in [-0.4, -0.2) is 0 Å². The third-order valence-corrected chi connectivity index (χ3v) is 3.10. The van der Waals surface area contributed by atoms with Crippen molar-refractivity contribution in [1.29, 1.82) is 0 Å². The molecule has 0 aliphatic heterocycles. The Morgan fingerprint density at radius 1 is 1.12 bits per heavy atom. The Balaban J connectivity index is 2.48. The van der Waals surface area contributed by atoms with Crippen molar-refractivity contribution in [2.75, 3.05) is 5.73 Å². The van der Waals surface area contributed by atoms with Crippen LogP contribution in [-0.2, 0) is 0 Å². The van der Waals surface area contributed by atoms with Crippen LogP contribution in [0.3, 0.4) is 0 Å². The molecule has 0 saturated carbocycles. The molecule has 0 aliphatic carbocycles. The number of benzene rings is 2. The third kappa shape index (κ3) is 2.34. The van der Waals surface area contributed by atoms with E-state index in [-0.39, 0.29) is 0 Å². The molecule has 0 fully saturated rings. The molecule has 0 aliphatic rings. The number of nitrogens with two attached hydrogens (primary N) is 1. The Bertz CT molecular complexity index is 573. The van der Waals surface area contributed by atoms with E-state index in [0.717, 1.165) is 16.7 Å². The minimum Gasteiger partial charge on any atom is -0.399 e. The van der Waals surface area contributed by atoms with E-state index in [9.17, 15) is 0 Å². The second-order valence-corrected chi connectivity index (χ2v) is 4.44. The average Bonchev–Trinajstić information content (AvgIpc) is 2.29. The second kappa shape index (κ2) is 4.64. The van der Waals surface area contributed by atoms with E-state index in [4.69, 9.17) is 17.3 Å². The molecule has 0 spiro atoms. The summed E-state index contributed by atoms with van der Waals surface area (Å²) < 4.78 is 0. The van der Waals surface area contributed by atoms with E-state index >= 15 is 0 Å². The van der Waals surface area contributed by atoms with Crippen molar-refractivity contribution in [1.82, 2.24) is 0 Å². The summed E-state index contributed by atoms with van der Waals surface area (Å²) in [5, 5.41) is 0.637. The van der Waals surface area contributed by atoms with Gasteiger partial charge in [0, 0.05) is 11.3 Å². The zero-order valence-electron chi connectivity index (χ0n) is 9.70. The molecule has 0 saturated heterocycles. The predicted octanol–water partition coefficient (Wildman–Crippen LogP) is 4.29. The maximum Gasteiger partial charge on any atom is 0.0504 e. The van der Waals surface area contributed by atoms with E-state index in [2.05, 4.69) is 19.6 Å². The number of hydrogen-bond acceptors (Lipinski definition) is 1. The number of aryl methyl sites for hydroxylation is 1. The van der Waals surface area contributed by atoms with Gasteiger partial charge in [0.2, 0.25) is 0 Å². The summed E-state index contributed by atoms with van der Waals surface area (Å²) in [5.41, 5.74) is 10.5. The van der Waals surface area contributed by atoms with Gasteiger partial charge in [0.1, 0.15) is 0 Å². The lowest BCUT2D eigenvalue weighted by molar-refractivity contribution is 1.42. The SMILES string of the molecule is C=C(c1ccccc1C)c1ccc(N)cc1Cl. The number of anilines is 1. The summed E-state index contributed by atoms with van der Waals surface area (Å²) in [6.45, 7) is 6.18. The second-order valence-electron chi connectivity index (χ2n) is 4.03. The largest absolute Gasteiger partial charge is 0.399 e. The van der Waals surface area contributed by atoms with Gasteiger partial charge in [-0.1, -0.05) is 48.5 Å². The Labute approximate surface area is 107 Å². The Hall–Kier alpha value is -1.73. The van der Waals surface area contributed by atoms with Crippen LogP contribution in [0.25, 0.3) is 5.57 Å². The standard InChI is InChI=1S/C15H14ClN/c1-10-5-3-4-6-13(10)11(2)14-8-7-12(17)9-15(14)16/h3-9H,2,17H2,1H3. The van der Waals surface area contributed by atoms with Crippen LogP contribution >= 0.6 is 11.6 Å². The Morgan fingerprint density at radius 2 is 1.82 bits per heavy atom. The van der Waals surface area contributed by atoms with E-state index in [0.29, 0.717) is 10.7 Å². The minimum atomic E-state index is 0.637. The first kappa shape index (κ1) is 11.7. The summed E-state index contributed by atoms with van der Waals surface area (Å²) in [6, 6.07) is 13.6. The lowest BCUT2D eigenvalue weighted by Gasteiger charge is -2.11. The lowest BCUT2D eigenvalue weighted by atomic mass is 9.96. The predicted molar refractivity (Wildman–Crippen MR) is 75.2 cm³/mol. The summed E-state index contributed by atoms with van der Waals surface area (Å²) in [5.74, 6) is 0. The van der Waals surface area contributed by atoms with Gasteiger partial charge < -0.3 is 5.73 Å². The van der Waals surface area contributed by atoms with Gasteiger partial charge in [0.05, 0.1) is 5.02 Å². The third-order valence-electron chi connectivity index (χ3n) is 2.79. The molecule has 0 heterocycles. The molecule has 2 aromatic rings. The van der Waals surface area contributed by atoms with Crippen molar-refractivity contribution in [2.45, 2.75) is 6.92 Å². The molecule has 2 N–H and O–H groups in total. The highest BCUT2D eigenvalue weighted by atomic mass is 35.5. The van der Waals surface area contributed by atoms with Crippen LogP contribution in [0, 0.1) is 6.92 Å². The highest BCUT2D eigenvalue weighted by molar-refractivity contribution is 6.32. The van der Waals surface area contributed by atoms with Crippen molar-refractivity contribution >= 4 is 22.9 Å². The van der Waals surface area contributed by atoms with Gasteiger partial charge in [-0.15, -0.1) is 0 Å². The molecule has 86 valence electrons. The number of hydrogen-bond donors (Lipinski definition) is 1. The summed E-state index contributed by atoms with van der Waals surface area (Å²) in [4.78, 5) is 0. The summed E-state index contributed by atoms with van der Waals surface area (Å²) >= 11 is 6.19. The molecule has 0 amide bonds. The fourth-order valence-corrected chi connectivity index (χ4v) is 2.14. The molecule has 0 aromatic heterocycles. The van der Waals surface area contributed by atoms with Crippen LogP contribution < -0.4 is 5.73 Å². The van der Waals surface area contributed by atoms with Gasteiger partial charge in [-0.25, -0.2) is 0 Å². The zero-order chi connectivity index (χ0) is 12.4. The molecular weight excluding hydrogens is 230 g/mol. The first-order valence-corrected chi connectivity index (χ1v) is 5.77. The van der Waals surface area contributed by atoms with Crippen LogP contribution in [0.15, 0.2) is 49.0 Å². The maximum absolute atomic E-state index is 6.19. The lowest BCUT2D eigenvalue weighted by Crippen LogP contribution is -1.92. The number of halogens is 1. The fourth-order valence-electron chi connectivity index (χ4n) is 1.83. The Morgan fingerprint density at radius 3 is 2.47 bits per heavy atom. The van der Waals surface area contributed by atoms with Crippen molar-refractivity contribution in [2.24, 2.45) is 0 Å². The van der Waals surface area contributed by atoms with Crippen molar-refractivity contribution in [3.05, 3.63) is 70.8 Å². The Kier molecular flexibility index (Phi) is 3.21. The van der Waals surface area contributed by atoms with E-state index in [1.165, 1.54) is 5.56 Å². The van der Waals surface area contributed by atoms with Gasteiger partial charge in [0.15, 0.2) is 0 Å². The number of rotatable bonds is 2. The molecule has 2 rings (SSSR count). The van der Waals surface area contributed by atoms with Crippen molar-refractivity contribution in [3.63, 3.8) is 0 Å². The normalized spacial score (nSPS) is 10.2. The average molecular weight is 244 g/mol. The van der Waals surface area contributed by atoms with E-state index < -0.39 is 0 Å². The van der Waals surface area contributed by atoms with Crippen LogP contribution in [0.1, 0.15) is 16.7 Å². The molecule has 0 atom stereocenters. The zero-order valence-corrected chi connectivity index (χ0v) is 10.5. The molecular formula is C15H14ClN. The van der Waals surface area contributed by atoms with Gasteiger partial charge in [-0.3, -0.25) is 0 Å². The van der Waals surface area contributed by atoms with E-state index in [1.807, 2.05) is 30.3 Å². The van der Waals surface area contributed by atoms with Crippen molar-refractivity contribution in [3.8, 4) is 0 Å². The van der Waals surface area contributed by atoms with Crippen LogP contribution in [0.4, 0.5) is 5.69 Å². The monoisotopic (exact) mass is 243 g/mol. The topological polar surface area (TPSA) is 26.0 Å². The minimum absolute atomic E-state index is 0.637. The molecule has 2 aromatic carbocycles. The molecule has 0 bridgehead atoms. The molecule has 1 nitrogen and oxygen atoms in total. The molecule has 0 unspecified atom stereocenters. The fraction of sp³-hybridized carbons (Fsp3) is 0.0667. The molecule has 0 radical (unpaired) electrons. The highest BCUT2D eigenvalue weighted by Crippen LogP contribution is 2.30. The summed E-state index contributed by atoms with van der Waals surface area (Å²) in [6.07, 6.45) is 0. The van der Waals surface area contributed by atoms with Crippen LogP contribution in [0.2, 0.25) is 5.02 Å². The van der Waals surface area contributed by atoms with Gasteiger partial charge in [0.25, 0.3) is 0 Å². The first-order valence-electron chi connectivity index (χ1n) is 5.40. The smallest absolute Gasteiger partial charge is 0.0504 e. The number of nitrogen functional groups attached to an aromatic ring is 1. The van der Waals surface area contributed by atoms with Crippen molar-refractivity contribution < 1.29 is 0 Å². The van der Waals surface area contributed by atoms with Gasteiger partial charge in [-0.05, 0) is 35.8 Å². The summed E-state index contributed by atoms with van der Waals surface area (Å²) in [7, 11) is 0. The molecule has 2 heteroatoms. The first-order chi connectivity index (χ1) is 8.09. The van der Waals surface area contributed by atoms with Crippen LogP contribution in [0.5, 0.6) is 0 Å². The van der Waals surface area contributed by atoms with E-state index in [1.54, 1.807) is 6.07 Å². The highest BCUT2D eigenvalue weighted by Gasteiger charge is 2.08. The quantitative estimate of drug-likeness (QED) is 0.783.